The molecule has 1 aromatic heterocycles. The van der Waals surface area contributed by atoms with Gasteiger partial charge in [0.2, 0.25) is 0 Å². The SMILES string of the molecule is CCCNC(C)C(C)Sc1cc(C)cc(C)n1. The molecule has 2 unspecified atom stereocenters. The zero-order valence-electron chi connectivity index (χ0n) is 11.6. The maximum absolute atomic E-state index is 4.57. The Kier molecular flexibility index (Phi) is 6.00. The lowest BCUT2D eigenvalue weighted by atomic mass is 10.2. The highest BCUT2D eigenvalue weighted by atomic mass is 32.2. The molecule has 0 amide bonds. The van der Waals surface area contributed by atoms with Gasteiger partial charge in [-0.1, -0.05) is 13.8 Å². The number of thioether (sulfide) groups is 1. The van der Waals surface area contributed by atoms with Crippen LogP contribution in [-0.4, -0.2) is 22.8 Å². The molecular weight excluding hydrogens is 228 g/mol. The molecule has 1 heterocycles. The van der Waals surface area contributed by atoms with Crippen LogP contribution in [0.25, 0.3) is 0 Å². The van der Waals surface area contributed by atoms with Crippen LogP contribution in [0.4, 0.5) is 0 Å². The Morgan fingerprint density at radius 1 is 1.29 bits per heavy atom. The average Bonchev–Trinajstić information content (AvgIpc) is 2.24. The molecule has 0 fully saturated rings. The first-order valence-corrected chi connectivity index (χ1v) is 7.26. The van der Waals surface area contributed by atoms with Gasteiger partial charge in [0.15, 0.2) is 0 Å². The third-order valence-corrected chi connectivity index (χ3v) is 4.03. The van der Waals surface area contributed by atoms with Crippen LogP contribution in [0.3, 0.4) is 0 Å². The molecule has 0 aromatic carbocycles. The van der Waals surface area contributed by atoms with E-state index in [0.29, 0.717) is 11.3 Å². The number of hydrogen-bond acceptors (Lipinski definition) is 3. The zero-order valence-corrected chi connectivity index (χ0v) is 12.4. The summed E-state index contributed by atoms with van der Waals surface area (Å²) in [6, 6.07) is 4.80. The summed E-state index contributed by atoms with van der Waals surface area (Å²) in [7, 11) is 0. The summed E-state index contributed by atoms with van der Waals surface area (Å²) in [5.41, 5.74) is 2.40. The summed E-state index contributed by atoms with van der Waals surface area (Å²) >= 11 is 1.86. The van der Waals surface area contributed by atoms with Crippen molar-refractivity contribution in [2.24, 2.45) is 0 Å². The van der Waals surface area contributed by atoms with E-state index in [-0.39, 0.29) is 0 Å². The third-order valence-electron chi connectivity index (χ3n) is 2.80. The van der Waals surface area contributed by atoms with Gasteiger partial charge in [-0.15, -0.1) is 11.8 Å². The molecular formula is C14H24N2S. The van der Waals surface area contributed by atoms with Crippen LogP contribution in [0.2, 0.25) is 0 Å². The number of hydrogen-bond donors (Lipinski definition) is 1. The molecule has 0 spiro atoms. The average molecular weight is 252 g/mol. The van der Waals surface area contributed by atoms with Gasteiger partial charge in [0.05, 0.1) is 5.03 Å². The first-order valence-electron chi connectivity index (χ1n) is 6.38. The molecule has 2 nitrogen and oxygen atoms in total. The summed E-state index contributed by atoms with van der Waals surface area (Å²) in [4.78, 5) is 4.57. The van der Waals surface area contributed by atoms with Crippen LogP contribution in [0, 0.1) is 13.8 Å². The van der Waals surface area contributed by atoms with Gasteiger partial charge in [-0.25, -0.2) is 4.98 Å². The van der Waals surface area contributed by atoms with Gasteiger partial charge >= 0.3 is 0 Å². The number of nitrogens with one attached hydrogen (secondary N) is 1. The van der Waals surface area contributed by atoms with Gasteiger partial charge in [0.25, 0.3) is 0 Å². The van der Waals surface area contributed by atoms with E-state index in [0.717, 1.165) is 17.3 Å². The first kappa shape index (κ1) is 14.5. The van der Waals surface area contributed by atoms with Gasteiger partial charge in [0.1, 0.15) is 0 Å². The summed E-state index contributed by atoms with van der Waals surface area (Å²) in [5.74, 6) is 0. The van der Waals surface area contributed by atoms with Crippen molar-refractivity contribution < 1.29 is 0 Å². The van der Waals surface area contributed by atoms with E-state index in [9.17, 15) is 0 Å². The van der Waals surface area contributed by atoms with Crippen molar-refractivity contribution in [2.45, 2.75) is 57.4 Å². The lowest BCUT2D eigenvalue weighted by molar-refractivity contribution is 0.542. The second kappa shape index (κ2) is 7.02. The molecule has 96 valence electrons. The maximum atomic E-state index is 4.57. The molecule has 3 heteroatoms. The minimum Gasteiger partial charge on any atom is -0.313 e. The monoisotopic (exact) mass is 252 g/mol. The van der Waals surface area contributed by atoms with Gasteiger partial charge in [-0.2, -0.15) is 0 Å². The topological polar surface area (TPSA) is 24.9 Å². The quantitative estimate of drug-likeness (QED) is 0.784. The van der Waals surface area contributed by atoms with Crippen molar-refractivity contribution in [1.29, 1.82) is 0 Å². The number of pyridine rings is 1. The Morgan fingerprint density at radius 3 is 2.59 bits per heavy atom. The van der Waals surface area contributed by atoms with Crippen LogP contribution < -0.4 is 5.32 Å². The van der Waals surface area contributed by atoms with Gasteiger partial charge in [-0.3, -0.25) is 0 Å². The second-order valence-electron chi connectivity index (χ2n) is 4.69. The Labute approximate surface area is 110 Å². The minimum atomic E-state index is 0.516. The van der Waals surface area contributed by atoms with Crippen molar-refractivity contribution in [1.82, 2.24) is 10.3 Å². The van der Waals surface area contributed by atoms with Crippen molar-refractivity contribution in [3.63, 3.8) is 0 Å². The lowest BCUT2D eigenvalue weighted by Crippen LogP contribution is -2.34. The second-order valence-corrected chi connectivity index (χ2v) is 6.09. The van der Waals surface area contributed by atoms with Gasteiger partial charge in [0, 0.05) is 17.0 Å². The summed E-state index contributed by atoms with van der Waals surface area (Å²) in [6.45, 7) is 12.0. The van der Waals surface area contributed by atoms with Crippen molar-refractivity contribution in [2.75, 3.05) is 6.54 Å². The molecule has 1 aromatic rings. The molecule has 0 radical (unpaired) electrons. The van der Waals surface area contributed by atoms with E-state index in [4.69, 9.17) is 0 Å². The first-order chi connectivity index (χ1) is 8.02. The predicted molar refractivity (Wildman–Crippen MR) is 76.8 cm³/mol. The molecule has 1 rings (SSSR count). The largest absolute Gasteiger partial charge is 0.313 e. The van der Waals surface area contributed by atoms with E-state index >= 15 is 0 Å². The van der Waals surface area contributed by atoms with Crippen LogP contribution >= 0.6 is 11.8 Å². The predicted octanol–water partition coefficient (Wildman–Crippen LogP) is 3.57. The number of aromatic nitrogens is 1. The lowest BCUT2D eigenvalue weighted by Gasteiger charge is -2.20. The van der Waals surface area contributed by atoms with Crippen LogP contribution in [0.15, 0.2) is 17.2 Å². The Morgan fingerprint density at radius 2 is 2.00 bits per heavy atom. The maximum Gasteiger partial charge on any atom is 0.0968 e. The minimum absolute atomic E-state index is 0.516. The van der Waals surface area contributed by atoms with Gasteiger partial charge in [-0.05, 0) is 51.4 Å². The summed E-state index contributed by atoms with van der Waals surface area (Å²) < 4.78 is 0. The Bertz CT molecular complexity index is 332. The van der Waals surface area contributed by atoms with E-state index in [2.05, 4.69) is 57.1 Å². The molecule has 0 aliphatic rings. The number of rotatable bonds is 6. The zero-order chi connectivity index (χ0) is 12.8. The van der Waals surface area contributed by atoms with E-state index in [1.54, 1.807) is 0 Å². The normalized spacial score (nSPS) is 14.6. The van der Waals surface area contributed by atoms with Crippen molar-refractivity contribution >= 4 is 11.8 Å². The summed E-state index contributed by atoms with van der Waals surface area (Å²) in [6.07, 6.45) is 1.18. The van der Waals surface area contributed by atoms with Crippen molar-refractivity contribution in [3.05, 3.63) is 23.4 Å². The Hall–Kier alpha value is -0.540. The smallest absolute Gasteiger partial charge is 0.0968 e. The molecule has 0 saturated carbocycles. The molecule has 17 heavy (non-hydrogen) atoms. The van der Waals surface area contributed by atoms with Crippen molar-refractivity contribution in [3.8, 4) is 0 Å². The van der Waals surface area contributed by atoms with E-state index in [1.807, 2.05) is 11.8 Å². The fourth-order valence-electron chi connectivity index (χ4n) is 1.70. The Balaban J connectivity index is 2.57. The standard InChI is InChI=1S/C14H24N2S/c1-6-7-15-12(4)13(5)17-14-9-10(2)8-11(3)16-14/h8-9,12-13,15H,6-7H2,1-5H3. The van der Waals surface area contributed by atoms with Crippen LogP contribution in [0.5, 0.6) is 0 Å². The highest BCUT2D eigenvalue weighted by Gasteiger charge is 2.13. The molecule has 0 aliphatic carbocycles. The van der Waals surface area contributed by atoms with Crippen LogP contribution in [-0.2, 0) is 0 Å². The highest BCUT2D eigenvalue weighted by molar-refractivity contribution is 7.99. The summed E-state index contributed by atoms with van der Waals surface area (Å²) in [5, 5.41) is 5.21. The molecule has 0 bridgehead atoms. The fourth-order valence-corrected chi connectivity index (χ4v) is 2.83. The highest BCUT2D eigenvalue weighted by Crippen LogP contribution is 2.24. The molecule has 0 saturated heterocycles. The number of nitrogens with zero attached hydrogens (tertiary/aromatic N) is 1. The van der Waals surface area contributed by atoms with E-state index < -0.39 is 0 Å². The fraction of sp³-hybridized carbons (Fsp3) is 0.643. The number of aryl methyl sites for hydroxylation is 2. The molecule has 1 N–H and O–H groups in total. The molecule has 0 aliphatic heterocycles. The van der Waals surface area contributed by atoms with E-state index in [1.165, 1.54) is 12.0 Å². The van der Waals surface area contributed by atoms with Crippen LogP contribution in [0.1, 0.15) is 38.4 Å². The molecule has 2 atom stereocenters. The third kappa shape index (κ3) is 5.09. The van der Waals surface area contributed by atoms with Gasteiger partial charge < -0.3 is 5.32 Å².